The molecule has 60 heavy (non-hydrogen) atoms. The Labute approximate surface area is 342 Å². The number of Topliss-reactive ketones (excluding diaryl/α,β-unsaturated/α-hetero) is 2. The van der Waals surface area contributed by atoms with Crippen molar-refractivity contribution < 1.29 is 57.8 Å². The highest BCUT2D eigenvalue weighted by atomic mass is 16.4. The van der Waals surface area contributed by atoms with E-state index < -0.39 is 95.0 Å². The van der Waals surface area contributed by atoms with Crippen molar-refractivity contribution in [2.75, 3.05) is 13.1 Å². The maximum atomic E-state index is 14.2. The minimum Gasteiger partial charge on any atom is -0.480 e. The van der Waals surface area contributed by atoms with Gasteiger partial charge in [0.15, 0.2) is 0 Å². The lowest BCUT2D eigenvalue weighted by Crippen LogP contribution is -2.58. The highest BCUT2D eigenvalue weighted by molar-refractivity contribution is 6.53. The van der Waals surface area contributed by atoms with Crippen molar-refractivity contribution in [3.05, 3.63) is 59.2 Å². The molecular weight excluding hydrogens is 784 g/mol. The van der Waals surface area contributed by atoms with Crippen LogP contribution in [0.25, 0.3) is 11.1 Å². The SMILES string of the molecule is NC(=O)CCC(NC(=O)c1ccc2c(c1)-c1ccccc1C(=O)C2=O)C(=O)NC(CCC(N)=O)C(=O)N1CCCC1C(=O)NC(CCC(N)=O)C(=O)N1CCCC1C(=O)O. The second kappa shape index (κ2) is 19.2. The maximum Gasteiger partial charge on any atom is 0.326 e. The number of nitrogens with zero attached hydrogens (tertiary/aromatic N) is 2. The standard InChI is InChI=1S/C40H46N8O12/c41-30(49)14-11-25(44-35(54)20-9-10-23-24(19-20)21-5-1-2-6-22(21)33(52)34(23)53)36(55)45-26(12-15-31(42)50)38(57)47-17-3-7-28(47)37(56)46-27(13-16-32(43)51)39(58)48-18-4-8-29(48)40(59)60/h1-2,5-6,9-10,19,25-29H,3-4,7-8,11-18H2,(H2,41,49)(H2,42,50)(H2,43,51)(H,44,54)(H,45,55)(H,46,56)(H,59,60). The number of benzene rings is 2. The summed E-state index contributed by atoms with van der Waals surface area (Å²) in [4.78, 5) is 144. The Bertz CT molecular complexity index is 2140. The fourth-order valence-corrected chi connectivity index (χ4v) is 7.68. The molecule has 0 aromatic heterocycles. The summed E-state index contributed by atoms with van der Waals surface area (Å²) in [7, 11) is 0. The van der Waals surface area contributed by atoms with Gasteiger partial charge in [-0.2, -0.15) is 0 Å². The third-order valence-corrected chi connectivity index (χ3v) is 10.7. The number of carbonyl (C=O) groups is 11. The van der Waals surface area contributed by atoms with Crippen LogP contribution < -0.4 is 33.2 Å². The summed E-state index contributed by atoms with van der Waals surface area (Å²) in [6.45, 7) is 0.129. The summed E-state index contributed by atoms with van der Waals surface area (Å²) in [5.41, 5.74) is 17.0. The number of fused-ring (bicyclic) bond motifs is 3. The number of ketones is 2. The summed E-state index contributed by atoms with van der Waals surface area (Å²) in [6, 6.07) is 3.71. The lowest BCUT2D eigenvalue weighted by atomic mass is 9.83. The average Bonchev–Trinajstić information content (AvgIpc) is 3.92. The van der Waals surface area contributed by atoms with E-state index in [0.29, 0.717) is 24.0 Å². The van der Waals surface area contributed by atoms with Crippen LogP contribution in [0.4, 0.5) is 0 Å². The molecular formula is C40H46N8O12. The number of hydrogen-bond acceptors (Lipinski definition) is 11. The van der Waals surface area contributed by atoms with E-state index in [1.54, 1.807) is 18.2 Å². The first-order valence-electron chi connectivity index (χ1n) is 19.4. The van der Waals surface area contributed by atoms with Crippen molar-refractivity contribution in [1.82, 2.24) is 25.8 Å². The summed E-state index contributed by atoms with van der Waals surface area (Å²) in [5.74, 6) is -9.17. The lowest BCUT2D eigenvalue weighted by molar-refractivity contribution is -0.150. The fourth-order valence-electron chi connectivity index (χ4n) is 7.68. The largest absolute Gasteiger partial charge is 0.480 e. The van der Waals surface area contributed by atoms with Crippen LogP contribution in [-0.4, -0.2) is 123 Å². The number of aliphatic carboxylic acids is 1. The molecule has 10 N–H and O–H groups in total. The zero-order chi connectivity index (χ0) is 43.8. The Morgan fingerprint density at radius 2 is 1.10 bits per heavy atom. The van der Waals surface area contributed by atoms with Gasteiger partial charge in [0.05, 0.1) is 0 Å². The number of hydrogen-bond donors (Lipinski definition) is 7. The molecule has 20 heteroatoms. The van der Waals surface area contributed by atoms with Gasteiger partial charge >= 0.3 is 5.97 Å². The minimum absolute atomic E-state index is 0.00863. The summed E-state index contributed by atoms with van der Waals surface area (Å²) in [5, 5.41) is 17.2. The van der Waals surface area contributed by atoms with Gasteiger partial charge in [0.1, 0.15) is 30.2 Å². The molecule has 5 rings (SSSR count). The number of likely N-dealkylation sites (tertiary alicyclic amines) is 2. The number of nitrogens with two attached hydrogens (primary N) is 3. The van der Waals surface area contributed by atoms with E-state index >= 15 is 0 Å². The van der Waals surface area contributed by atoms with Crippen LogP contribution in [0.3, 0.4) is 0 Å². The van der Waals surface area contributed by atoms with E-state index in [-0.39, 0.29) is 81.1 Å². The van der Waals surface area contributed by atoms with Crippen molar-refractivity contribution >= 4 is 64.8 Å². The molecule has 1 aliphatic carbocycles. The van der Waals surface area contributed by atoms with E-state index in [2.05, 4.69) is 16.0 Å². The monoisotopic (exact) mass is 830 g/mol. The van der Waals surface area contributed by atoms with Crippen LogP contribution in [-0.2, 0) is 38.4 Å². The van der Waals surface area contributed by atoms with Crippen molar-refractivity contribution in [1.29, 1.82) is 0 Å². The first-order valence-corrected chi connectivity index (χ1v) is 19.4. The number of nitrogens with one attached hydrogen (secondary N) is 3. The normalized spacial score (nSPS) is 18.3. The van der Waals surface area contributed by atoms with E-state index in [1.165, 1.54) is 24.3 Å². The van der Waals surface area contributed by atoms with Gasteiger partial charge in [-0.1, -0.05) is 24.3 Å². The second-order valence-electron chi connectivity index (χ2n) is 14.8. The van der Waals surface area contributed by atoms with Gasteiger partial charge in [0.2, 0.25) is 52.9 Å². The van der Waals surface area contributed by atoms with Gasteiger partial charge in [0.25, 0.3) is 5.91 Å². The molecule has 318 valence electrons. The molecule has 2 saturated heterocycles. The first-order chi connectivity index (χ1) is 28.5. The average molecular weight is 831 g/mol. The van der Waals surface area contributed by atoms with E-state index in [1.807, 2.05) is 0 Å². The summed E-state index contributed by atoms with van der Waals surface area (Å²) < 4.78 is 0. The third-order valence-electron chi connectivity index (χ3n) is 10.7. The van der Waals surface area contributed by atoms with Gasteiger partial charge in [-0.3, -0.25) is 47.9 Å². The van der Waals surface area contributed by atoms with Crippen molar-refractivity contribution in [2.24, 2.45) is 17.2 Å². The molecule has 2 aromatic carbocycles. The topological polar surface area (TPSA) is 329 Å². The molecule has 0 radical (unpaired) electrons. The number of primary amides is 3. The Morgan fingerprint density at radius 1 is 0.617 bits per heavy atom. The van der Waals surface area contributed by atoms with Gasteiger partial charge in [-0.25, -0.2) is 4.79 Å². The molecule has 5 atom stereocenters. The number of amides is 8. The molecule has 0 bridgehead atoms. The molecule has 5 unspecified atom stereocenters. The molecule has 2 heterocycles. The maximum absolute atomic E-state index is 14.2. The number of rotatable bonds is 18. The van der Waals surface area contributed by atoms with E-state index in [9.17, 15) is 57.8 Å². The number of carboxylic acids is 1. The first kappa shape index (κ1) is 44.1. The molecule has 3 aliphatic rings. The zero-order valence-electron chi connectivity index (χ0n) is 32.5. The molecule has 2 aliphatic heterocycles. The van der Waals surface area contributed by atoms with Crippen molar-refractivity contribution in [2.45, 2.75) is 94.4 Å². The minimum atomic E-state index is -1.48. The fraction of sp³-hybridized carbons (Fsp3) is 0.425. The van der Waals surface area contributed by atoms with Crippen molar-refractivity contribution in [3.63, 3.8) is 0 Å². The van der Waals surface area contributed by atoms with Gasteiger partial charge < -0.3 is 48.1 Å². The van der Waals surface area contributed by atoms with Crippen LogP contribution in [0.15, 0.2) is 42.5 Å². The van der Waals surface area contributed by atoms with Crippen LogP contribution in [0.1, 0.15) is 95.3 Å². The lowest BCUT2D eigenvalue weighted by Gasteiger charge is -2.31. The molecule has 2 fully saturated rings. The molecule has 0 spiro atoms. The van der Waals surface area contributed by atoms with Crippen LogP contribution >= 0.6 is 0 Å². The number of carbonyl (C=O) groups excluding carboxylic acids is 10. The van der Waals surface area contributed by atoms with Gasteiger partial charge in [-0.05, 0) is 74.3 Å². The summed E-state index contributed by atoms with van der Waals surface area (Å²) in [6.07, 6.45) is -0.927. The molecule has 8 amide bonds. The molecule has 2 aromatic rings. The highest BCUT2D eigenvalue weighted by Crippen LogP contribution is 2.34. The van der Waals surface area contributed by atoms with Crippen LogP contribution in [0.2, 0.25) is 0 Å². The Morgan fingerprint density at radius 3 is 1.65 bits per heavy atom. The van der Waals surface area contributed by atoms with Crippen LogP contribution in [0, 0.1) is 0 Å². The highest BCUT2D eigenvalue weighted by Gasteiger charge is 2.42. The predicted octanol–water partition coefficient (Wildman–Crippen LogP) is -1.34. The molecule has 20 nitrogen and oxygen atoms in total. The van der Waals surface area contributed by atoms with E-state index in [0.717, 1.165) is 9.80 Å². The van der Waals surface area contributed by atoms with E-state index in [4.69, 9.17) is 17.2 Å². The number of carboxylic acid groups (broad SMARTS) is 1. The van der Waals surface area contributed by atoms with Gasteiger partial charge in [0, 0.05) is 49.0 Å². The Hall–Kier alpha value is -6.99. The Kier molecular flexibility index (Phi) is 14.1. The smallest absolute Gasteiger partial charge is 0.326 e. The van der Waals surface area contributed by atoms with Gasteiger partial charge in [-0.15, -0.1) is 0 Å². The quantitative estimate of drug-likeness (QED) is 0.0859. The third kappa shape index (κ3) is 10.2. The van der Waals surface area contributed by atoms with Crippen molar-refractivity contribution in [3.8, 4) is 11.1 Å². The summed E-state index contributed by atoms with van der Waals surface area (Å²) >= 11 is 0. The zero-order valence-corrected chi connectivity index (χ0v) is 32.5. The predicted molar refractivity (Wildman–Crippen MR) is 208 cm³/mol. The Balaban J connectivity index is 1.34. The van der Waals surface area contributed by atoms with Crippen LogP contribution in [0.5, 0.6) is 0 Å². The second-order valence-corrected chi connectivity index (χ2v) is 14.8. The molecule has 0 saturated carbocycles.